The first-order valence-corrected chi connectivity index (χ1v) is 7.93. The second kappa shape index (κ2) is 5.62. The minimum atomic E-state index is 0.589. The van der Waals surface area contributed by atoms with Crippen LogP contribution in [0.3, 0.4) is 0 Å². The van der Waals surface area contributed by atoms with Crippen LogP contribution in [0.1, 0.15) is 12.8 Å². The fourth-order valence-electron chi connectivity index (χ4n) is 3.44. The molecule has 0 saturated carbocycles. The lowest BCUT2D eigenvalue weighted by atomic mass is 10.1. The van der Waals surface area contributed by atoms with E-state index in [0.717, 1.165) is 19.1 Å². The van der Waals surface area contributed by atoms with Crippen molar-refractivity contribution >= 4 is 16.5 Å². The first-order chi connectivity index (χ1) is 10.4. The van der Waals surface area contributed by atoms with E-state index in [2.05, 4.69) is 44.8 Å². The van der Waals surface area contributed by atoms with Crippen LogP contribution in [0.15, 0.2) is 36.7 Å². The van der Waals surface area contributed by atoms with Gasteiger partial charge in [-0.25, -0.2) is 0 Å². The monoisotopic (exact) mass is 282 g/mol. The van der Waals surface area contributed by atoms with Crippen LogP contribution < -0.4 is 10.6 Å². The van der Waals surface area contributed by atoms with E-state index in [1.165, 1.54) is 42.4 Å². The maximum atomic E-state index is 4.16. The van der Waals surface area contributed by atoms with Crippen molar-refractivity contribution in [1.82, 2.24) is 15.2 Å². The molecule has 110 valence electrons. The van der Waals surface area contributed by atoms with Gasteiger partial charge in [-0.3, -0.25) is 9.88 Å². The lowest BCUT2D eigenvalue weighted by molar-refractivity contribution is 0.148. The Balaban J connectivity index is 1.32. The molecule has 4 nitrogen and oxygen atoms in total. The van der Waals surface area contributed by atoms with Crippen LogP contribution in [-0.4, -0.2) is 48.1 Å². The predicted molar refractivity (Wildman–Crippen MR) is 86.6 cm³/mol. The molecular weight excluding hydrogens is 260 g/mol. The van der Waals surface area contributed by atoms with E-state index in [-0.39, 0.29) is 0 Å². The average molecular weight is 282 g/mol. The molecule has 0 radical (unpaired) electrons. The predicted octanol–water partition coefficient (Wildman–Crippen LogP) is 2.08. The number of nitrogens with zero attached hydrogens (tertiary/aromatic N) is 2. The molecule has 2 aliphatic rings. The largest absolute Gasteiger partial charge is 0.380 e. The summed E-state index contributed by atoms with van der Waals surface area (Å²) in [5.74, 6) is 0. The van der Waals surface area contributed by atoms with Crippen LogP contribution in [0.4, 0.5) is 5.69 Å². The zero-order chi connectivity index (χ0) is 14.1. The summed E-state index contributed by atoms with van der Waals surface area (Å²) < 4.78 is 0. The molecule has 2 N–H and O–H groups in total. The minimum absolute atomic E-state index is 0.589. The lowest BCUT2D eigenvalue weighted by Gasteiger charge is -2.41. The van der Waals surface area contributed by atoms with Gasteiger partial charge in [0.15, 0.2) is 0 Å². The van der Waals surface area contributed by atoms with Gasteiger partial charge in [0.2, 0.25) is 0 Å². The quantitative estimate of drug-likeness (QED) is 0.901. The highest BCUT2D eigenvalue weighted by molar-refractivity contribution is 5.84. The summed E-state index contributed by atoms with van der Waals surface area (Å²) >= 11 is 0. The Bertz CT molecular complexity index is 615. The van der Waals surface area contributed by atoms with E-state index in [4.69, 9.17) is 0 Å². The molecule has 0 aliphatic carbocycles. The van der Waals surface area contributed by atoms with E-state index >= 15 is 0 Å². The van der Waals surface area contributed by atoms with Crippen LogP contribution in [-0.2, 0) is 0 Å². The molecule has 2 aromatic rings. The van der Waals surface area contributed by atoms with Gasteiger partial charge in [0.05, 0.1) is 6.04 Å². The van der Waals surface area contributed by atoms with Gasteiger partial charge in [-0.1, -0.05) is 6.07 Å². The highest BCUT2D eigenvalue weighted by atomic mass is 15.3. The maximum absolute atomic E-state index is 4.16. The highest BCUT2D eigenvalue weighted by Gasteiger charge is 2.29. The van der Waals surface area contributed by atoms with Crippen molar-refractivity contribution in [3.05, 3.63) is 36.7 Å². The molecular formula is C17H22N4. The van der Waals surface area contributed by atoms with E-state index < -0.39 is 0 Å². The Kier molecular flexibility index (Phi) is 3.49. The topological polar surface area (TPSA) is 40.2 Å². The van der Waals surface area contributed by atoms with Crippen molar-refractivity contribution < 1.29 is 0 Å². The first kappa shape index (κ1) is 13.0. The highest BCUT2D eigenvalue weighted by Crippen LogP contribution is 2.21. The van der Waals surface area contributed by atoms with E-state index in [1.54, 1.807) is 0 Å². The lowest BCUT2D eigenvalue weighted by Crippen LogP contribution is -2.57. The number of fused-ring (bicyclic) bond motifs is 1. The number of hydrogen-bond donors (Lipinski definition) is 2. The van der Waals surface area contributed by atoms with Crippen molar-refractivity contribution in [2.75, 3.05) is 31.5 Å². The Morgan fingerprint density at radius 2 is 2.19 bits per heavy atom. The number of anilines is 1. The summed E-state index contributed by atoms with van der Waals surface area (Å²) in [7, 11) is 0. The molecule has 21 heavy (non-hydrogen) atoms. The summed E-state index contributed by atoms with van der Waals surface area (Å²) in [5.41, 5.74) is 1.22. The van der Waals surface area contributed by atoms with Crippen molar-refractivity contribution in [3.63, 3.8) is 0 Å². The number of likely N-dealkylation sites (tertiary alicyclic amines) is 1. The van der Waals surface area contributed by atoms with Crippen molar-refractivity contribution in [2.45, 2.75) is 24.9 Å². The van der Waals surface area contributed by atoms with Crippen LogP contribution in [0.5, 0.6) is 0 Å². The Hall–Kier alpha value is -1.65. The first-order valence-electron chi connectivity index (χ1n) is 7.93. The summed E-state index contributed by atoms with van der Waals surface area (Å²) in [6.45, 7) is 4.73. The molecule has 1 atom stereocenters. The molecule has 3 heterocycles. The van der Waals surface area contributed by atoms with Gasteiger partial charge >= 0.3 is 0 Å². The molecule has 2 saturated heterocycles. The molecule has 2 fully saturated rings. The average Bonchev–Trinajstić information content (AvgIpc) is 2.98. The molecule has 4 heteroatoms. The molecule has 0 amide bonds. The van der Waals surface area contributed by atoms with Gasteiger partial charge in [0.25, 0.3) is 0 Å². The molecule has 1 aromatic carbocycles. The summed E-state index contributed by atoms with van der Waals surface area (Å²) in [5, 5.41) is 9.67. The molecule has 0 spiro atoms. The second-order valence-electron chi connectivity index (χ2n) is 6.29. The van der Waals surface area contributed by atoms with Crippen LogP contribution in [0, 0.1) is 0 Å². The number of rotatable bonds is 4. The Morgan fingerprint density at radius 1 is 1.24 bits per heavy atom. The zero-order valence-corrected chi connectivity index (χ0v) is 12.3. The fourth-order valence-corrected chi connectivity index (χ4v) is 3.44. The molecule has 1 aromatic heterocycles. The number of hydrogen-bond acceptors (Lipinski definition) is 4. The third kappa shape index (κ3) is 2.87. The zero-order valence-electron chi connectivity index (χ0n) is 12.3. The molecule has 0 bridgehead atoms. The van der Waals surface area contributed by atoms with Crippen molar-refractivity contribution in [3.8, 4) is 0 Å². The Morgan fingerprint density at radius 3 is 3.05 bits per heavy atom. The van der Waals surface area contributed by atoms with Crippen molar-refractivity contribution in [1.29, 1.82) is 0 Å². The van der Waals surface area contributed by atoms with E-state index in [1.807, 2.05) is 12.4 Å². The SMILES string of the molecule is c1cc2cc(NC3CN(C[C@H]4CCCN4)C3)ccc2cn1. The van der Waals surface area contributed by atoms with Gasteiger partial charge in [-0.15, -0.1) is 0 Å². The minimum Gasteiger partial charge on any atom is -0.380 e. The van der Waals surface area contributed by atoms with Gasteiger partial charge in [0, 0.05) is 49.1 Å². The normalized spacial score (nSPS) is 23.3. The third-order valence-electron chi connectivity index (χ3n) is 4.61. The number of aromatic nitrogens is 1. The van der Waals surface area contributed by atoms with Gasteiger partial charge in [-0.2, -0.15) is 0 Å². The summed E-state index contributed by atoms with van der Waals surface area (Å²) in [4.78, 5) is 6.70. The maximum Gasteiger partial charge on any atom is 0.0515 e. The Labute approximate surface area is 125 Å². The van der Waals surface area contributed by atoms with Gasteiger partial charge in [-0.05, 0) is 43.0 Å². The van der Waals surface area contributed by atoms with Crippen molar-refractivity contribution in [2.24, 2.45) is 0 Å². The molecule has 0 unspecified atom stereocenters. The smallest absolute Gasteiger partial charge is 0.0515 e. The van der Waals surface area contributed by atoms with E-state index in [0.29, 0.717) is 6.04 Å². The molecule has 4 rings (SSSR count). The number of benzene rings is 1. The standard InChI is InChI=1S/C17H22N4/c1-2-16(19-6-1)10-21-11-17(12-21)20-15-4-3-14-9-18-7-5-13(14)8-15/h3-5,7-9,16-17,19-20H,1-2,6,10-12H2/t16-/m1/s1. The third-order valence-corrected chi connectivity index (χ3v) is 4.61. The molecule has 2 aliphatic heterocycles. The number of pyridine rings is 1. The number of nitrogens with one attached hydrogen (secondary N) is 2. The fraction of sp³-hybridized carbons (Fsp3) is 0.471. The van der Waals surface area contributed by atoms with E-state index in [9.17, 15) is 0 Å². The second-order valence-corrected chi connectivity index (χ2v) is 6.29. The van der Waals surface area contributed by atoms with Crippen LogP contribution in [0.2, 0.25) is 0 Å². The van der Waals surface area contributed by atoms with Crippen LogP contribution in [0.25, 0.3) is 10.8 Å². The van der Waals surface area contributed by atoms with Gasteiger partial charge < -0.3 is 10.6 Å². The summed E-state index contributed by atoms with van der Waals surface area (Å²) in [6.07, 6.45) is 6.45. The van der Waals surface area contributed by atoms with Crippen LogP contribution >= 0.6 is 0 Å². The van der Waals surface area contributed by atoms with Gasteiger partial charge in [0.1, 0.15) is 0 Å². The summed E-state index contributed by atoms with van der Waals surface area (Å²) in [6, 6.07) is 9.90.